The quantitative estimate of drug-likeness (QED) is 0.731. The van der Waals surface area contributed by atoms with E-state index in [1.54, 1.807) is 0 Å². The highest BCUT2D eigenvalue weighted by Gasteiger charge is 2.27. The number of aromatic amines is 1. The molecule has 0 spiro atoms. The van der Waals surface area contributed by atoms with Gasteiger partial charge < -0.3 is 10.0 Å². The normalized spacial score (nSPS) is 16.6. The lowest BCUT2D eigenvalue weighted by molar-refractivity contribution is 0.0787. The lowest BCUT2D eigenvalue weighted by atomic mass is 9.98. The second kappa shape index (κ2) is 7.72. The number of carbonyl (C=O) groups is 1. The third kappa shape index (κ3) is 3.90. The predicted molar refractivity (Wildman–Crippen MR) is 102 cm³/mol. The molecule has 27 heavy (non-hydrogen) atoms. The topological polar surface area (TPSA) is 82.1 Å². The number of nitrogens with one attached hydrogen (secondary N) is 1. The molecule has 2 heterocycles. The molecular formula is C21H22N4O2. The number of hydrogen-bond donors (Lipinski definition) is 2. The Morgan fingerprint density at radius 2 is 1.85 bits per heavy atom. The molecule has 1 fully saturated rings. The zero-order valence-electron chi connectivity index (χ0n) is 15.0. The molecule has 2 N–H and O–H groups in total. The zero-order valence-corrected chi connectivity index (χ0v) is 15.0. The molecule has 1 amide bonds. The van der Waals surface area contributed by atoms with Crippen molar-refractivity contribution >= 4 is 5.91 Å². The van der Waals surface area contributed by atoms with Crippen molar-refractivity contribution in [1.29, 1.82) is 0 Å². The van der Waals surface area contributed by atoms with Gasteiger partial charge in [0.2, 0.25) is 0 Å². The third-order valence-corrected chi connectivity index (χ3v) is 5.12. The number of H-pyrrole nitrogens is 1. The van der Waals surface area contributed by atoms with E-state index in [1.807, 2.05) is 41.3 Å². The van der Waals surface area contributed by atoms with E-state index in [9.17, 15) is 4.79 Å². The summed E-state index contributed by atoms with van der Waals surface area (Å²) in [5, 5.41) is 15.8. The molecule has 6 heteroatoms. The molecule has 6 nitrogen and oxygen atoms in total. The maximum absolute atomic E-state index is 12.8. The minimum Gasteiger partial charge on any atom is -0.392 e. The van der Waals surface area contributed by atoms with Crippen LogP contribution >= 0.6 is 0 Å². The van der Waals surface area contributed by atoms with Crippen molar-refractivity contribution in [3.63, 3.8) is 0 Å². The number of benzene rings is 2. The number of likely N-dealkylation sites (tertiary alicyclic amines) is 1. The largest absolute Gasteiger partial charge is 0.392 e. The standard InChI is InChI=1S/C21H22N4O2/c26-13-16-3-1-15(2-4-16)11-17-9-10-25(12-17)21(27)19-7-5-18(6-8-19)20-22-14-23-24-20/h1-8,14,17,26H,9-13H2,(H,22,23,24)/t17-/m1/s1. The fourth-order valence-corrected chi connectivity index (χ4v) is 3.60. The fraction of sp³-hybridized carbons (Fsp3) is 0.286. The van der Waals surface area contributed by atoms with Crippen LogP contribution in [0.15, 0.2) is 54.9 Å². The van der Waals surface area contributed by atoms with Gasteiger partial charge in [-0.05, 0) is 42.0 Å². The average Bonchev–Trinajstić information content (AvgIpc) is 3.41. The third-order valence-electron chi connectivity index (χ3n) is 5.12. The van der Waals surface area contributed by atoms with Gasteiger partial charge in [0.05, 0.1) is 6.61 Å². The Morgan fingerprint density at radius 3 is 2.52 bits per heavy atom. The molecule has 1 aromatic heterocycles. The zero-order chi connectivity index (χ0) is 18.6. The molecule has 138 valence electrons. The molecule has 4 rings (SSSR count). The number of amides is 1. The number of hydrogen-bond acceptors (Lipinski definition) is 4. The maximum Gasteiger partial charge on any atom is 0.253 e. The molecule has 1 atom stereocenters. The summed E-state index contributed by atoms with van der Waals surface area (Å²) in [7, 11) is 0. The lowest BCUT2D eigenvalue weighted by Gasteiger charge is -2.17. The first-order chi connectivity index (χ1) is 13.2. The molecule has 0 aliphatic carbocycles. The van der Waals surface area contributed by atoms with Crippen LogP contribution in [0.2, 0.25) is 0 Å². The summed E-state index contributed by atoms with van der Waals surface area (Å²) >= 11 is 0. The minimum absolute atomic E-state index is 0.0706. The van der Waals surface area contributed by atoms with Gasteiger partial charge >= 0.3 is 0 Å². The van der Waals surface area contributed by atoms with E-state index in [2.05, 4.69) is 27.3 Å². The number of aromatic nitrogens is 3. The van der Waals surface area contributed by atoms with Crippen LogP contribution < -0.4 is 0 Å². The Balaban J connectivity index is 1.37. The van der Waals surface area contributed by atoms with Gasteiger partial charge in [0.15, 0.2) is 5.82 Å². The predicted octanol–water partition coefficient (Wildman–Crippen LogP) is 2.67. The molecule has 3 aromatic rings. The van der Waals surface area contributed by atoms with Gasteiger partial charge in [0, 0.05) is 24.2 Å². The molecule has 0 saturated carbocycles. The number of carbonyl (C=O) groups excluding carboxylic acids is 1. The molecular weight excluding hydrogens is 340 g/mol. The van der Waals surface area contributed by atoms with Crippen molar-refractivity contribution in [3.05, 3.63) is 71.5 Å². The summed E-state index contributed by atoms with van der Waals surface area (Å²) < 4.78 is 0. The molecule has 0 bridgehead atoms. The Bertz CT molecular complexity index is 889. The average molecular weight is 362 g/mol. The fourth-order valence-electron chi connectivity index (χ4n) is 3.60. The molecule has 1 saturated heterocycles. The lowest BCUT2D eigenvalue weighted by Crippen LogP contribution is -2.28. The second-order valence-electron chi connectivity index (χ2n) is 7.00. The van der Waals surface area contributed by atoms with Gasteiger partial charge in [0.25, 0.3) is 5.91 Å². The second-order valence-corrected chi connectivity index (χ2v) is 7.00. The van der Waals surface area contributed by atoms with E-state index in [1.165, 1.54) is 11.9 Å². The number of nitrogens with zero attached hydrogens (tertiary/aromatic N) is 3. The van der Waals surface area contributed by atoms with Crippen LogP contribution in [0.25, 0.3) is 11.4 Å². The van der Waals surface area contributed by atoms with Crippen molar-refractivity contribution in [1.82, 2.24) is 20.1 Å². The monoisotopic (exact) mass is 362 g/mol. The van der Waals surface area contributed by atoms with E-state index in [0.29, 0.717) is 17.3 Å². The smallest absolute Gasteiger partial charge is 0.253 e. The first kappa shape index (κ1) is 17.4. The van der Waals surface area contributed by atoms with Crippen LogP contribution in [0.3, 0.4) is 0 Å². The number of aliphatic hydroxyl groups is 1. The maximum atomic E-state index is 12.8. The summed E-state index contributed by atoms with van der Waals surface area (Å²) in [4.78, 5) is 18.9. The molecule has 0 radical (unpaired) electrons. The number of aliphatic hydroxyl groups excluding tert-OH is 1. The van der Waals surface area contributed by atoms with Crippen molar-refractivity contribution in [3.8, 4) is 11.4 Å². The van der Waals surface area contributed by atoms with Crippen LogP contribution in [0.5, 0.6) is 0 Å². The van der Waals surface area contributed by atoms with E-state index >= 15 is 0 Å². The van der Waals surface area contributed by atoms with E-state index in [0.717, 1.165) is 37.1 Å². The summed E-state index contributed by atoms with van der Waals surface area (Å²) in [6, 6.07) is 15.5. The SMILES string of the molecule is O=C(c1ccc(-c2ncn[nH]2)cc1)N1CC[C@H](Cc2ccc(CO)cc2)C1. The van der Waals surface area contributed by atoms with E-state index < -0.39 is 0 Å². The molecule has 2 aromatic carbocycles. The van der Waals surface area contributed by atoms with Crippen molar-refractivity contribution < 1.29 is 9.90 Å². The van der Waals surface area contributed by atoms with Gasteiger partial charge in [-0.3, -0.25) is 9.89 Å². The van der Waals surface area contributed by atoms with Crippen molar-refractivity contribution in [2.24, 2.45) is 5.92 Å². The molecule has 1 aliphatic heterocycles. The highest BCUT2D eigenvalue weighted by atomic mass is 16.3. The van der Waals surface area contributed by atoms with Crippen LogP contribution in [0.4, 0.5) is 0 Å². The van der Waals surface area contributed by atoms with Gasteiger partial charge in [-0.15, -0.1) is 0 Å². The van der Waals surface area contributed by atoms with Gasteiger partial charge in [-0.2, -0.15) is 5.10 Å². The summed E-state index contributed by atoms with van der Waals surface area (Å²) in [6.07, 6.45) is 3.44. The van der Waals surface area contributed by atoms with Crippen molar-refractivity contribution in [2.45, 2.75) is 19.4 Å². The Kier molecular flexibility index (Phi) is 4.98. The number of rotatable bonds is 5. The highest BCUT2D eigenvalue weighted by molar-refractivity contribution is 5.94. The van der Waals surface area contributed by atoms with Crippen molar-refractivity contribution in [2.75, 3.05) is 13.1 Å². The molecule has 0 unspecified atom stereocenters. The van der Waals surface area contributed by atoms with Crippen LogP contribution in [-0.2, 0) is 13.0 Å². The Hall–Kier alpha value is -2.99. The first-order valence-corrected chi connectivity index (χ1v) is 9.16. The minimum atomic E-state index is 0.0706. The van der Waals surface area contributed by atoms with Crippen LogP contribution in [0.1, 0.15) is 27.9 Å². The summed E-state index contributed by atoms with van der Waals surface area (Å²) in [5.41, 5.74) is 3.79. The van der Waals surface area contributed by atoms with E-state index in [-0.39, 0.29) is 12.5 Å². The van der Waals surface area contributed by atoms with Crippen LogP contribution in [-0.4, -0.2) is 44.2 Å². The van der Waals surface area contributed by atoms with Gasteiger partial charge in [-0.25, -0.2) is 4.98 Å². The van der Waals surface area contributed by atoms with Crippen LogP contribution in [0, 0.1) is 5.92 Å². The first-order valence-electron chi connectivity index (χ1n) is 9.16. The van der Waals surface area contributed by atoms with Gasteiger partial charge in [0.1, 0.15) is 6.33 Å². The highest BCUT2D eigenvalue weighted by Crippen LogP contribution is 2.23. The van der Waals surface area contributed by atoms with Gasteiger partial charge in [-0.1, -0.05) is 36.4 Å². The Morgan fingerprint density at radius 1 is 1.11 bits per heavy atom. The Labute approximate surface area is 157 Å². The summed E-state index contributed by atoms with van der Waals surface area (Å²) in [6.45, 7) is 1.65. The molecule has 1 aliphatic rings. The summed E-state index contributed by atoms with van der Waals surface area (Å²) in [5.74, 6) is 1.25. The van der Waals surface area contributed by atoms with E-state index in [4.69, 9.17) is 5.11 Å².